The molecule has 2 aromatic rings. The Bertz CT molecular complexity index is 652. The average molecular weight is 338 g/mol. The first-order valence-corrected chi connectivity index (χ1v) is 6.92. The summed E-state index contributed by atoms with van der Waals surface area (Å²) in [7, 11) is 1.36. The topological polar surface area (TPSA) is 55.3 Å². The van der Waals surface area contributed by atoms with Crippen LogP contribution in [0.2, 0.25) is 0 Å². The zero-order valence-electron chi connectivity index (χ0n) is 11.8. The Morgan fingerprint density at radius 3 is 2.65 bits per heavy atom. The smallest absolute Gasteiger partial charge is 0.415 e. The Balaban J connectivity index is 2.68. The number of halogens is 1. The molecular weight excluding hydrogens is 322 g/mol. The minimum atomic E-state index is -0.469. The zero-order chi connectivity index (χ0) is 14.9. The van der Waals surface area contributed by atoms with Crippen LogP contribution in [0.4, 0.5) is 10.6 Å². The minimum absolute atomic E-state index is 0.456. The van der Waals surface area contributed by atoms with Gasteiger partial charge in [0.15, 0.2) is 5.82 Å². The number of carbonyl (C=O) groups is 1. The van der Waals surface area contributed by atoms with Crippen molar-refractivity contribution in [3.8, 4) is 0 Å². The number of hydrogen-bond donors (Lipinski definition) is 0. The lowest BCUT2D eigenvalue weighted by Gasteiger charge is -2.33. The summed E-state index contributed by atoms with van der Waals surface area (Å²) in [5, 5.41) is 0.905. The van der Waals surface area contributed by atoms with Crippen LogP contribution in [0.5, 0.6) is 0 Å². The van der Waals surface area contributed by atoms with Crippen LogP contribution in [0.25, 0.3) is 10.9 Å². The summed E-state index contributed by atoms with van der Waals surface area (Å²) >= 11 is 3.39. The van der Waals surface area contributed by atoms with Gasteiger partial charge in [-0.2, -0.15) is 0 Å². The van der Waals surface area contributed by atoms with Gasteiger partial charge in [0, 0.05) is 27.8 Å². The normalized spacial score (nSPS) is 11.4. The molecule has 106 valence electrons. The third-order valence-corrected chi connectivity index (χ3v) is 3.22. The van der Waals surface area contributed by atoms with Gasteiger partial charge in [-0.15, -0.1) is 0 Å². The van der Waals surface area contributed by atoms with E-state index in [0.717, 1.165) is 9.86 Å². The molecule has 0 unspecified atom stereocenters. The number of nitrogens with zero attached hydrogens (tertiary/aromatic N) is 3. The standard InChI is InChI=1S/C14H16BrN3O2/c1-14(2,3)18(13(19)20-4)12-11-9(5-6-16-12)7-10(15)8-17-11/h5-8H,1-4H3. The lowest BCUT2D eigenvalue weighted by atomic mass is 10.1. The second kappa shape index (κ2) is 5.36. The molecule has 0 aliphatic heterocycles. The van der Waals surface area contributed by atoms with Gasteiger partial charge in [-0.3, -0.25) is 9.88 Å². The fraction of sp³-hybridized carbons (Fsp3) is 0.357. The highest BCUT2D eigenvalue weighted by molar-refractivity contribution is 9.10. The van der Waals surface area contributed by atoms with Crippen LogP contribution in [0.1, 0.15) is 20.8 Å². The number of carbonyl (C=O) groups excluding carboxylic acids is 1. The quantitative estimate of drug-likeness (QED) is 0.794. The third-order valence-electron chi connectivity index (χ3n) is 2.79. The van der Waals surface area contributed by atoms with Gasteiger partial charge in [0.05, 0.1) is 7.11 Å². The predicted molar refractivity (Wildman–Crippen MR) is 81.9 cm³/mol. The third kappa shape index (κ3) is 2.75. The molecular formula is C14H16BrN3O2. The van der Waals surface area contributed by atoms with Crippen molar-refractivity contribution in [1.82, 2.24) is 9.97 Å². The molecule has 2 rings (SSSR count). The summed E-state index contributed by atoms with van der Waals surface area (Å²) in [5.74, 6) is 0.495. The van der Waals surface area contributed by atoms with Gasteiger partial charge in [0.1, 0.15) is 5.52 Å². The molecule has 1 amide bonds. The van der Waals surface area contributed by atoms with E-state index in [4.69, 9.17) is 4.74 Å². The number of fused-ring (bicyclic) bond motifs is 1. The summed E-state index contributed by atoms with van der Waals surface area (Å²) < 4.78 is 5.75. The highest BCUT2D eigenvalue weighted by Crippen LogP contribution is 2.29. The van der Waals surface area contributed by atoms with E-state index in [1.165, 1.54) is 12.0 Å². The molecule has 0 aromatic carbocycles. The molecule has 0 aliphatic carbocycles. The van der Waals surface area contributed by atoms with Crippen molar-refractivity contribution in [2.75, 3.05) is 12.0 Å². The Morgan fingerprint density at radius 2 is 2.05 bits per heavy atom. The molecule has 2 heterocycles. The number of hydrogen-bond acceptors (Lipinski definition) is 4. The minimum Gasteiger partial charge on any atom is -0.452 e. The number of anilines is 1. The van der Waals surface area contributed by atoms with E-state index in [1.807, 2.05) is 32.9 Å². The Labute approximate surface area is 126 Å². The van der Waals surface area contributed by atoms with Crippen LogP contribution in [-0.2, 0) is 4.74 Å². The maximum Gasteiger partial charge on any atom is 0.415 e. The van der Waals surface area contributed by atoms with Crippen LogP contribution in [0.3, 0.4) is 0 Å². The first-order chi connectivity index (χ1) is 9.34. The number of amides is 1. The summed E-state index contributed by atoms with van der Waals surface area (Å²) in [6, 6.07) is 3.79. The van der Waals surface area contributed by atoms with Crippen molar-refractivity contribution < 1.29 is 9.53 Å². The number of pyridine rings is 2. The number of ether oxygens (including phenoxy) is 1. The van der Waals surface area contributed by atoms with Crippen molar-refractivity contribution in [3.05, 3.63) is 29.0 Å². The van der Waals surface area contributed by atoms with Gasteiger partial charge in [0.25, 0.3) is 0 Å². The Morgan fingerprint density at radius 1 is 1.35 bits per heavy atom. The van der Waals surface area contributed by atoms with Crippen LogP contribution < -0.4 is 4.90 Å². The summed E-state index contributed by atoms with van der Waals surface area (Å²) in [6.07, 6.45) is 2.89. The fourth-order valence-corrected chi connectivity index (χ4v) is 2.30. The summed E-state index contributed by atoms with van der Waals surface area (Å²) in [4.78, 5) is 22.3. The van der Waals surface area contributed by atoms with Crippen molar-refractivity contribution in [2.45, 2.75) is 26.3 Å². The van der Waals surface area contributed by atoms with Crippen LogP contribution in [-0.4, -0.2) is 28.7 Å². The molecule has 0 bridgehead atoms. The molecule has 6 heteroatoms. The van der Waals surface area contributed by atoms with E-state index in [0.29, 0.717) is 11.3 Å². The fourth-order valence-electron chi connectivity index (χ4n) is 1.95. The second-order valence-corrected chi connectivity index (χ2v) is 6.25. The predicted octanol–water partition coefficient (Wildman–Crippen LogP) is 3.76. The van der Waals surface area contributed by atoms with E-state index in [-0.39, 0.29) is 0 Å². The van der Waals surface area contributed by atoms with Gasteiger partial charge in [0.2, 0.25) is 0 Å². The molecule has 0 atom stereocenters. The van der Waals surface area contributed by atoms with E-state index in [9.17, 15) is 4.79 Å². The Kier molecular flexibility index (Phi) is 3.94. The highest BCUT2D eigenvalue weighted by Gasteiger charge is 2.31. The van der Waals surface area contributed by atoms with Gasteiger partial charge < -0.3 is 4.74 Å². The molecule has 0 saturated carbocycles. The first-order valence-electron chi connectivity index (χ1n) is 6.13. The maximum absolute atomic E-state index is 12.1. The Hall–Kier alpha value is -1.69. The SMILES string of the molecule is COC(=O)N(c1nccc2cc(Br)cnc12)C(C)(C)C. The average Bonchev–Trinajstić information content (AvgIpc) is 2.36. The highest BCUT2D eigenvalue weighted by atomic mass is 79.9. The van der Waals surface area contributed by atoms with Gasteiger partial charge in [-0.1, -0.05) is 0 Å². The van der Waals surface area contributed by atoms with Crippen LogP contribution >= 0.6 is 15.9 Å². The molecule has 0 radical (unpaired) electrons. The maximum atomic E-state index is 12.1. The van der Waals surface area contributed by atoms with Gasteiger partial charge in [-0.25, -0.2) is 9.78 Å². The molecule has 0 spiro atoms. The van der Waals surface area contributed by atoms with Crippen molar-refractivity contribution >= 4 is 38.7 Å². The van der Waals surface area contributed by atoms with Crippen molar-refractivity contribution in [3.63, 3.8) is 0 Å². The monoisotopic (exact) mass is 337 g/mol. The van der Waals surface area contributed by atoms with E-state index in [2.05, 4.69) is 25.9 Å². The van der Waals surface area contributed by atoms with E-state index in [1.54, 1.807) is 12.4 Å². The molecule has 2 aromatic heterocycles. The van der Waals surface area contributed by atoms with E-state index < -0.39 is 11.6 Å². The van der Waals surface area contributed by atoms with Crippen molar-refractivity contribution in [2.24, 2.45) is 0 Å². The molecule has 0 N–H and O–H groups in total. The van der Waals surface area contributed by atoms with Crippen LogP contribution in [0, 0.1) is 0 Å². The number of aromatic nitrogens is 2. The van der Waals surface area contributed by atoms with E-state index >= 15 is 0 Å². The van der Waals surface area contributed by atoms with Crippen LogP contribution in [0.15, 0.2) is 29.0 Å². The lowest BCUT2D eigenvalue weighted by Crippen LogP contribution is -2.46. The lowest BCUT2D eigenvalue weighted by molar-refractivity contribution is 0.172. The molecule has 20 heavy (non-hydrogen) atoms. The summed E-state index contributed by atoms with van der Waals surface area (Å²) in [5.41, 5.74) is 0.194. The van der Waals surface area contributed by atoms with Gasteiger partial charge >= 0.3 is 6.09 Å². The molecule has 5 nitrogen and oxygen atoms in total. The summed E-state index contributed by atoms with van der Waals surface area (Å²) in [6.45, 7) is 5.76. The van der Waals surface area contributed by atoms with Gasteiger partial charge in [-0.05, 0) is 48.8 Å². The molecule has 0 aliphatic rings. The second-order valence-electron chi connectivity index (χ2n) is 5.34. The number of methoxy groups -OCH3 is 1. The number of rotatable bonds is 1. The molecule has 0 fully saturated rings. The largest absolute Gasteiger partial charge is 0.452 e. The zero-order valence-corrected chi connectivity index (χ0v) is 13.4. The molecule has 0 saturated heterocycles. The first kappa shape index (κ1) is 14.7. The van der Waals surface area contributed by atoms with Crippen molar-refractivity contribution in [1.29, 1.82) is 0 Å².